The SMILES string of the molecule is Cc1cn(C)c(-c2cnc(CCN)[nH]2)c1C. The molecule has 4 nitrogen and oxygen atoms in total. The zero-order valence-electron chi connectivity index (χ0n) is 10.0. The van der Waals surface area contributed by atoms with Crippen LogP contribution in [0.4, 0.5) is 0 Å². The standard InChI is InChI=1S/C12H18N4/c1-8-7-16(3)12(9(8)2)10-6-14-11(15-10)4-5-13/h6-7H,4-5,13H2,1-3H3,(H,14,15). The van der Waals surface area contributed by atoms with Crippen LogP contribution in [0, 0.1) is 13.8 Å². The van der Waals surface area contributed by atoms with Crippen molar-refractivity contribution in [1.29, 1.82) is 0 Å². The highest BCUT2D eigenvalue weighted by atomic mass is 15.0. The van der Waals surface area contributed by atoms with Crippen molar-refractivity contribution < 1.29 is 0 Å². The molecular formula is C12H18N4. The summed E-state index contributed by atoms with van der Waals surface area (Å²) in [5.41, 5.74) is 10.4. The van der Waals surface area contributed by atoms with E-state index < -0.39 is 0 Å². The van der Waals surface area contributed by atoms with Crippen molar-refractivity contribution in [3.63, 3.8) is 0 Å². The Labute approximate surface area is 95.5 Å². The number of H-pyrrole nitrogens is 1. The first-order valence-corrected chi connectivity index (χ1v) is 5.50. The van der Waals surface area contributed by atoms with Crippen molar-refractivity contribution in [3.05, 3.63) is 29.3 Å². The molecule has 86 valence electrons. The van der Waals surface area contributed by atoms with Crippen LogP contribution in [0.3, 0.4) is 0 Å². The largest absolute Gasteiger partial charge is 0.349 e. The Morgan fingerprint density at radius 2 is 2.19 bits per heavy atom. The van der Waals surface area contributed by atoms with Gasteiger partial charge in [-0.2, -0.15) is 0 Å². The average molecular weight is 218 g/mol. The second-order valence-corrected chi connectivity index (χ2v) is 4.18. The molecule has 2 aromatic heterocycles. The zero-order chi connectivity index (χ0) is 11.7. The Balaban J connectivity index is 2.42. The summed E-state index contributed by atoms with van der Waals surface area (Å²) < 4.78 is 2.13. The zero-order valence-corrected chi connectivity index (χ0v) is 10.0. The van der Waals surface area contributed by atoms with Gasteiger partial charge in [-0.3, -0.25) is 0 Å². The fourth-order valence-electron chi connectivity index (χ4n) is 2.04. The van der Waals surface area contributed by atoms with Gasteiger partial charge in [0, 0.05) is 19.7 Å². The van der Waals surface area contributed by atoms with Crippen molar-refractivity contribution >= 4 is 0 Å². The normalized spacial score (nSPS) is 11.0. The van der Waals surface area contributed by atoms with Crippen LogP contribution in [0.25, 0.3) is 11.4 Å². The third-order valence-corrected chi connectivity index (χ3v) is 2.95. The number of hydrogen-bond acceptors (Lipinski definition) is 2. The summed E-state index contributed by atoms with van der Waals surface area (Å²) in [6.45, 7) is 4.88. The van der Waals surface area contributed by atoms with E-state index in [1.807, 2.05) is 6.20 Å². The van der Waals surface area contributed by atoms with Crippen molar-refractivity contribution in [2.45, 2.75) is 20.3 Å². The van der Waals surface area contributed by atoms with Gasteiger partial charge in [0.1, 0.15) is 5.82 Å². The van der Waals surface area contributed by atoms with E-state index in [0.29, 0.717) is 6.54 Å². The molecule has 2 heterocycles. The lowest BCUT2D eigenvalue weighted by Crippen LogP contribution is -2.03. The van der Waals surface area contributed by atoms with Crippen LogP contribution in [0.1, 0.15) is 17.0 Å². The van der Waals surface area contributed by atoms with E-state index in [4.69, 9.17) is 5.73 Å². The molecule has 4 heteroatoms. The molecule has 0 fully saturated rings. The van der Waals surface area contributed by atoms with E-state index in [-0.39, 0.29) is 0 Å². The molecule has 0 bridgehead atoms. The quantitative estimate of drug-likeness (QED) is 0.820. The topological polar surface area (TPSA) is 59.6 Å². The van der Waals surface area contributed by atoms with E-state index in [9.17, 15) is 0 Å². The molecule has 2 aromatic rings. The first-order valence-electron chi connectivity index (χ1n) is 5.50. The van der Waals surface area contributed by atoms with Crippen molar-refractivity contribution in [1.82, 2.24) is 14.5 Å². The fraction of sp³-hybridized carbons (Fsp3) is 0.417. The van der Waals surface area contributed by atoms with E-state index in [1.54, 1.807) is 0 Å². The Morgan fingerprint density at radius 3 is 2.75 bits per heavy atom. The Bertz CT molecular complexity index is 493. The minimum Gasteiger partial charge on any atom is -0.349 e. The minimum atomic E-state index is 0.623. The molecule has 0 amide bonds. The third kappa shape index (κ3) is 1.76. The van der Waals surface area contributed by atoms with Gasteiger partial charge in [0.05, 0.1) is 17.6 Å². The average Bonchev–Trinajstić information content (AvgIpc) is 2.75. The number of aromatic amines is 1. The van der Waals surface area contributed by atoms with Crippen molar-refractivity contribution in [3.8, 4) is 11.4 Å². The summed E-state index contributed by atoms with van der Waals surface area (Å²) in [6, 6.07) is 0. The Morgan fingerprint density at radius 1 is 1.44 bits per heavy atom. The van der Waals surface area contributed by atoms with Crippen molar-refractivity contribution in [2.24, 2.45) is 12.8 Å². The number of nitrogens with zero attached hydrogens (tertiary/aromatic N) is 2. The summed E-state index contributed by atoms with van der Waals surface area (Å²) in [5, 5.41) is 0. The van der Waals surface area contributed by atoms with Gasteiger partial charge in [-0.15, -0.1) is 0 Å². The fourth-order valence-corrected chi connectivity index (χ4v) is 2.04. The van der Waals surface area contributed by atoms with Gasteiger partial charge in [-0.05, 0) is 31.5 Å². The maximum atomic E-state index is 5.51. The minimum absolute atomic E-state index is 0.623. The third-order valence-electron chi connectivity index (χ3n) is 2.95. The van der Waals surface area contributed by atoms with Gasteiger partial charge in [0.25, 0.3) is 0 Å². The number of imidazole rings is 1. The first-order chi connectivity index (χ1) is 7.63. The smallest absolute Gasteiger partial charge is 0.107 e. The van der Waals surface area contributed by atoms with Crippen LogP contribution in [0.2, 0.25) is 0 Å². The van der Waals surface area contributed by atoms with Gasteiger partial charge < -0.3 is 15.3 Å². The van der Waals surface area contributed by atoms with Gasteiger partial charge in [-0.25, -0.2) is 4.98 Å². The molecule has 16 heavy (non-hydrogen) atoms. The summed E-state index contributed by atoms with van der Waals surface area (Å²) in [7, 11) is 2.05. The molecule has 0 saturated carbocycles. The van der Waals surface area contributed by atoms with Crippen LogP contribution in [-0.4, -0.2) is 21.1 Å². The molecule has 0 aliphatic carbocycles. The van der Waals surface area contributed by atoms with Crippen molar-refractivity contribution in [2.75, 3.05) is 6.54 Å². The maximum Gasteiger partial charge on any atom is 0.107 e. The van der Waals surface area contributed by atoms with Crippen LogP contribution in [0.5, 0.6) is 0 Å². The number of nitrogens with one attached hydrogen (secondary N) is 1. The molecule has 0 spiro atoms. The molecule has 2 rings (SSSR count). The lowest BCUT2D eigenvalue weighted by molar-refractivity contribution is 0.890. The highest BCUT2D eigenvalue weighted by Gasteiger charge is 2.11. The number of aryl methyl sites for hydroxylation is 2. The highest BCUT2D eigenvalue weighted by Crippen LogP contribution is 2.25. The molecule has 0 saturated heterocycles. The lowest BCUT2D eigenvalue weighted by atomic mass is 10.1. The molecule has 0 unspecified atom stereocenters. The highest BCUT2D eigenvalue weighted by molar-refractivity contribution is 5.61. The van der Waals surface area contributed by atoms with Crippen LogP contribution in [0.15, 0.2) is 12.4 Å². The Hall–Kier alpha value is -1.55. The predicted octanol–water partition coefficient (Wildman–Crippen LogP) is 1.53. The first kappa shape index (κ1) is 11.0. The summed E-state index contributed by atoms with van der Waals surface area (Å²) >= 11 is 0. The Kier molecular flexibility index (Phi) is 2.83. The van der Waals surface area contributed by atoms with E-state index in [1.165, 1.54) is 16.8 Å². The van der Waals surface area contributed by atoms with Gasteiger partial charge in [0.2, 0.25) is 0 Å². The second kappa shape index (κ2) is 4.14. The van der Waals surface area contributed by atoms with Gasteiger partial charge in [0.15, 0.2) is 0 Å². The summed E-state index contributed by atoms with van der Waals surface area (Å²) in [6.07, 6.45) is 4.81. The molecule has 0 aromatic carbocycles. The van der Waals surface area contributed by atoms with Crippen LogP contribution in [-0.2, 0) is 13.5 Å². The molecule has 0 aliphatic rings. The number of rotatable bonds is 3. The van der Waals surface area contributed by atoms with E-state index >= 15 is 0 Å². The monoisotopic (exact) mass is 218 g/mol. The van der Waals surface area contributed by atoms with Crippen LogP contribution >= 0.6 is 0 Å². The van der Waals surface area contributed by atoms with Crippen LogP contribution < -0.4 is 5.73 Å². The number of hydrogen-bond donors (Lipinski definition) is 2. The maximum absolute atomic E-state index is 5.51. The second-order valence-electron chi connectivity index (χ2n) is 4.18. The van der Waals surface area contributed by atoms with E-state index in [0.717, 1.165) is 17.9 Å². The predicted molar refractivity (Wildman–Crippen MR) is 65.2 cm³/mol. The molecule has 0 atom stereocenters. The summed E-state index contributed by atoms with van der Waals surface area (Å²) in [5.74, 6) is 0.954. The molecule has 0 radical (unpaired) electrons. The van der Waals surface area contributed by atoms with E-state index in [2.05, 4.69) is 41.6 Å². The van der Waals surface area contributed by atoms with Gasteiger partial charge >= 0.3 is 0 Å². The van der Waals surface area contributed by atoms with Gasteiger partial charge in [-0.1, -0.05) is 0 Å². The molecular weight excluding hydrogens is 200 g/mol. The lowest BCUT2D eigenvalue weighted by Gasteiger charge is -2.02. The molecule has 0 aliphatic heterocycles. The molecule has 3 N–H and O–H groups in total. The summed E-state index contributed by atoms with van der Waals surface area (Å²) in [4.78, 5) is 7.64. The number of aromatic nitrogens is 3. The number of nitrogens with two attached hydrogens (primary N) is 1.